The van der Waals surface area contributed by atoms with E-state index < -0.39 is 0 Å². The summed E-state index contributed by atoms with van der Waals surface area (Å²) in [5, 5.41) is 4.42. The molecular formula is C29H34ClN5O2. The quantitative estimate of drug-likeness (QED) is 0.248. The number of H-pyrrole nitrogens is 1. The molecule has 1 aromatic carbocycles. The van der Waals surface area contributed by atoms with E-state index in [4.69, 9.17) is 16.6 Å². The van der Waals surface area contributed by atoms with Gasteiger partial charge in [0, 0.05) is 49.8 Å². The summed E-state index contributed by atoms with van der Waals surface area (Å²) in [7, 11) is 0. The second kappa shape index (κ2) is 12.7. The molecule has 0 spiro atoms. The Balaban J connectivity index is 1.38. The summed E-state index contributed by atoms with van der Waals surface area (Å²) in [4.78, 5) is 38.8. The van der Waals surface area contributed by atoms with E-state index in [0.29, 0.717) is 30.1 Å². The Kier molecular flexibility index (Phi) is 9.12. The molecule has 1 aliphatic heterocycles. The van der Waals surface area contributed by atoms with E-state index in [9.17, 15) is 9.59 Å². The van der Waals surface area contributed by atoms with E-state index >= 15 is 0 Å². The van der Waals surface area contributed by atoms with Crippen molar-refractivity contribution in [2.24, 2.45) is 4.99 Å². The number of aliphatic imine (C=N–C) groups is 1. The summed E-state index contributed by atoms with van der Waals surface area (Å²) in [6.45, 7) is 6.19. The minimum absolute atomic E-state index is 0.160. The van der Waals surface area contributed by atoms with Gasteiger partial charge in [0.05, 0.1) is 21.9 Å². The van der Waals surface area contributed by atoms with Gasteiger partial charge in [-0.2, -0.15) is 0 Å². The summed E-state index contributed by atoms with van der Waals surface area (Å²) in [6.07, 6.45) is 8.65. The number of likely N-dealkylation sites (tertiary alicyclic amines) is 1. The van der Waals surface area contributed by atoms with Crippen LogP contribution < -0.4 is 5.32 Å². The minimum atomic E-state index is -0.160. The van der Waals surface area contributed by atoms with Crippen molar-refractivity contribution >= 4 is 46.2 Å². The van der Waals surface area contributed by atoms with Gasteiger partial charge >= 0.3 is 0 Å². The zero-order valence-corrected chi connectivity index (χ0v) is 22.3. The molecular weight excluding hydrogens is 486 g/mol. The fraction of sp³-hybridized carbons (Fsp3) is 0.379. The topological polar surface area (TPSA) is 90.5 Å². The molecule has 0 bridgehead atoms. The molecule has 1 fully saturated rings. The summed E-state index contributed by atoms with van der Waals surface area (Å²) in [5.41, 5.74) is 4.85. The van der Waals surface area contributed by atoms with Crippen LogP contribution >= 0.6 is 11.6 Å². The Morgan fingerprint density at radius 1 is 1.27 bits per heavy atom. The molecule has 2 amide bonds. The molecule has 0 radical (unpaired) electrons. The van der Waals surface area contributed by atoms with Gasteiger partial charge < -0.3 is 15.2 Å². The van der Waals surface area contributed by atoms with Crippen LogP contribution in [0.5, 0.6) is 0 Å². The molecule has 0 aliphatic carbocycles. The van der Waals surface area contributed by atoms with Crippen LogP contribution in [-0.4, -0.2) is 52.5 Å². The molecule has 3 aromatic rings. The van der Waals surface area contributed by atoms with E-state index in [1.54, 1.807) is 0 Å². The van der Waals surface area contributed by atoms with E-state index in [-0.39, 0.29) is 11.8 Å². The van der Waals surface area contributed by atoms with Crippen molar-refractivity contribution in [3.8, 4) is 0 Å². The first-order valence-corrected chi connectivity index (χ1v) is 13.4. The largest absolute Gasteiger partial charge is 0.351 e. The highest BCUT2D eigenvalue weighted by atomic mass is 35.5. The van der Waals surface area contributed by atoms with Crippen LogP contribution in [0.2, 0.25) is 5.02 Å². The van der Waals surface area contributed by atoms with Gasteiger partial charge in [0.1, 0.15) is 5.69 Å². The second-order valence-corrected chi connectivity index (χ2v) is 9.66. The number of nitrogens with zero attached hydrogens (tertiary/aromatic N) is 3. The fourth-order valence-electron chi connectivity index (χ4n) is 4.56. The number of nitrogens with one attached hydrogen (secondary N) is 2. The predicted molar refractivity (Wildman–Crippen MR) is 150 cm³/mol. The molecule has 7 nitrogen and oxygen atoms in total. The van der Waals surface area contributed by atoms with Crippen molar-refractivity contribution in [1.82, 2.24) is 20.2 Å². The second-order valence-electron chi connectivity index (χ2n) is 9.26. The highest BCUT2D eigenvalue weighted by Gasteiger charge is 2.19. The molecule has 0 saturated carbocycles. The maximum Gasteiger partial charge on any atom is 0.267 e. The van der Waals surface area contributed by atoms with Gasteiger partial charge in [0.25, 0.3) is 5.91 Å². The number of benzene rings is 1. The van der Waals surface area contributed by atoms with Gasteiger partial charge in [-0.05, 0) is 68.5 Å². The van der Waals surface area contributed by atoms with Crippen LogP contribution in [-0.2, 0) is 11.2 Å². The lowest BCUT2D eigenvalue weighted by Crippen LogP contribution is -2.28. The number of rotatable bonds is 11. The van der Waals surface area contributed by atoms with Crippen LogP contribution in [0.25, 0.3) is 16.6 Å². The Morgan fingerprint density at radius 2 is 2.14 bits per heavy atom. The first-order chi connectivity index (χ1) is 18.0. The van der Waals surface area contributed by atoms with Gasteiger partial charge in [0.2, 0.25) is 5.91 Å². The van der Waals surface area contributed by atoms with Crippen molar-refractivity contribution in [3.05, 3.63) is 70.1 Å². The first kappa shape index (κ1) is 26.6. The number of amides is 2. The molecule has 1 saturated heterocycles. The maximum atomic E-state index is 12.7. The van der Waals surface area contributed by atoms with Gasteiger partial charge in [-0.25, -0.2) is 0 Å². The third kappa shape index (κ3) is 6.86. The van der Waals surface area contributed by atoms with Gasteiger partial charge in [-0.1, -0.05) is 30.7 Å². The molecule has 1 aliphatic rings. The van der Waals surface area contributed by atoms with E-state index in [1.165, 1.54) is 0 Å². The summed E-state index contributed by atoms with van der Waals surface area (Å²) >= 11 is 6.58. The molecule has 3 heterocycles. The van der Waals surface area contributed by atoms with Crippen LogP contribution in [0.15, 0.2) is 47.5 Å². The number of hydrogen-bond donors (Lipinski definition) is 2. The number of carbonyl (C=O) groups is 2. The smallest absolute Gasteiger partial charge is 0.267 e. The Morgan fingerprint density at radius 3 is 2.89 bits per heavy atom. The standard InChI is InChI=1S/C29H34ClN5O2/c1-3-12-31-24(4-2)25-10-7-9-22(33-25)17-20-16-21-19-26(34-28(21)23(30)18-20)29(37)32-13-5-6-14-35-15-8-11-27(35)36/h4,7,9-10,12,16,18-19,34H,3,5-6,8,11,13-15,17H2,1-2H3,(H,32,37)/b24-4-,31-12?. The van der Waals surface area contributed by atoms with Gasteiger partial charge in [0.15, 0.2) is 0 Å². The average molecular weight is 520 g/mol. The Labute approximate surface area is 223 Å². The highest BCUT2D eigenvalue weighted by molar-refractivity contribution is 6.35. The maximum absolute atomic E-state index is 12.7. The minimum Gasteiger partial charge on any atom is -0.351 e. The van der Waals surface area contributed by atoms with Crippen molar-refractivity contribution in [2.75, 3.05) is 19.6 Å². The normalized spacial score (nSPS) is 14.3. The third-order valence-corrected chi connectivity index (χ3v) is 6.74. The van der Waals surface area contributed by atoms with E-state index in [0.717, 1.165) is 72.3 Å². The van der Waals surface area contributed by atoms with E-state index in [1.807, 2.05) is 60.5 Å². The molecule has 0 unspecified atom stereocenters. The average Bonchev–Trinajstić information content (AvgIpc) is 3.51. The number of unbranched alkanes of at least 4 members (excludes halogenated alkanes) is 1. The number of hydrogen-bond acceptors (Lipinski definition) is 4. The van der Waals surface area contributed by atoms with Crippen molar-refractivity contribution in [3.63, 3.8) is 0 Å². The molecule has 0 atom stereocenters. The van der Waals surface area contributed by atoms with Crippen LogP contribution in [0.4, 0.5) is 0 Å². The zero-order chi connectivity index (χ0) is 26.2. The van der Waals surface area contributed by atoms with Crippen molar-refractivity contribution < 1.29 is 9.59 Å². The van der Waals surface area contributed by atoms with E-state index in [2.05, 4.69) is 22.2 Å². The lowest BCUT2D eigenvalue weighted by atomic mass is 10.1. The molecule has 4 rings (SSSR count). The molecule has 2 aromatic heterocycles. The summed E-state index contributed by atoms with van der Waals surface area (Å²) in [6, 6.07) is 11.7. The Bertz CT molecular complexity index is 1330. The zero-order valence-electron chi connectivity index (χ0n) is 21.5. The Hall–Kier alpha value is -3.45. The number of carbonyl (C=O) groups excluding carboxylic acids is 2. The molecule has 2 N–H and O–H groups in total. The number of halogens is 1. The van der Waals surface area contributed by atoms with Crippen LogP contribution in [0.1, 0.15) is 73.4 Å². The lowest BCUT2D eigenvalue weighted by molar-refractivity contribution is -0.127. The van der Waals surface area contributed by atoms with Crippen LogP contribution in [0, 0.1) is 0 Å². The molecule has 8 heteroatoms. The summed E-state index contributed by atoms with van der Waals surface area (Å²) < 4.78 is 0. The number of aromatic amines is 1. The summed E-state index contributed by atoms with van der Waals surface area (Å²) in [5.74, 6) is 0.0810. The lowest BCUT2D eigenvalue weighted by Gasteiger charge is -2.14. The highest BCUT2D eigenvalue weighted by Crippen LogP contribution is 2.27. The molecule has 194 valence electrons. The SMILES string of the molecule is C/C=C(\N=CCC)c1cccc(Cc2cc(Cl)c3[nH]c(C(=O)NCCCCN4CCCC4=O)cc3c2)n1. The monoisotopic (exact) mass is 519 g/mol. The van der Waals surface area contributed by atoms with Crippen molar-refractivity contribution in [1.29, 1.82) is 0 Å². The number of allylic oxidation sites excluding steroid dienone is 1. The predicted octanol–water partition coefficient (Wildman–Crippen LogP) is 5.78. The van der Waals surface area contributed by atoms with Crippen LogP contribution in [0.3, 0.4) is 0 Å². The molecule has 37 heavy (non-hydrogen) atoms. The fourth-order valence-corrected chi connectivity index (χ4v) is 4.85. The van der Waals surface area contributed by atoms with Crippen molar-refractivity contribution in [2.45, 2.75) is 52.4 Å². The number of aromatic nitrogens is 2. The van der Waals surface area contributed by atoms with Gasteiger partial charge in [-0.15, -0.1) is 0 Å². The number of pyridine rings is 1. The number of fused-ring (bicyclic) bond motifs is 1. The first-order valence-electron chi connectivity index (χ1n) is 13.0. The van der Waals surface area contributed by atoms with Gasteiger partial charge in [-0.3, -0.25) is 19.6 Å². The third-order valence-electron chi connectivity index (χ3n) is 6.44.